The molecule has 1 aromatic carbocycles. The normalized spacial score (nSPS) is 11.4. The summed E-state index contributed by atoms with van der Waals surface area (Å²) in [5.74, 6) is 0.594. The van der Waals surface area contributed by atoms with Gasteiger partial charge in [0.1, 0.15) is 5.82 Å². The lowest BCUT2D eigenvalue weighted by atomic mass is 10.1. The Morgan fingerprint density at radius 1 is 1.38 bits per heavy atom. The molecule has 21 heavy (non-hydrogen) atoms. The SMILES string of the molecule is Cc1nc2cc(C(=O)O)ccc2n1CCOCCC(C)C. The number of aromatic nitrogens is 2. The molecule has 0 aliphatic heterocycles. The number of carboxylic acids is 1. The summed E-state index contributed by atoms with van der Waals surface area (Å²) in [6.45, 7) is 8.42. The Bertz CT molecular complexity index is 632. The van der Waals surface area contributed by atoms with Gasteiger partial charge in [0.15, 0.2) is 0 Å². The molecular formula is C16H22N2O3. The largest absolute Gasteiger partial charge is 0.478 e. The molecule has 5 heteroatoms. The molecule has 114 valence electrons. The summed E-state index contributed by atoms with van der Waals surface area (Å²) in [5, 5.41) is 9.01. The van der Waals surface area contributed by atoms with E-state index in [2.05, 4.69) is 23.4 Å². The van der Waals surface area contributed by atoms with Crippen LogP contribution in [0.1, 0.15) is 36.5 Å². The van der Waals surface area contributed by atoms with Crippen LogP contribution in [0.25, 0.3) is 11.0 Å². The van der Waals surface area contributed by atoms with E-state index in [9.17, 15) is 4.79 Å². The molecule has 0 amide bonds. The van der Waals surface area contributed by atoms with Gasteiger partial charge in [-0.05, 0) is 37.5 Å². The van der Waals surface area contributed by atoms with Gasteiger partial charge in [0.25, 0.3) is 0 Å². The molecule has 0 radical (unpaired) electrons. The quantitative estimate of drug-likeness (QED) is 0.796. The van der Waals surface area contributed by atoms with Gasteiger partial charge in [0.05, 0.1) is 23.2 Å². The molecule has 1 heterocycles. The van der Waals surface area contributed by atoms with Gasteiger partial charge in [-0.1, -0.05) is 13.8 Å². The average Bonchev–Trinajstić information content (AvgIpc) is 2.73. The number of ether oxygens (including phenoxy) is 1. The lowest BCUT2D eigenvalue weighted by Gasteiger charge is -2.09. The fourth-order valence-electron chi connectivity index (χ4n) is 2.24. The summed E-state index contributed by atoms with van der Waals surface area (Å²) in [4.78, 5) is 15.4. The van der Waals surface area contributed by atoms with Crippen molar-refractivity contribution in [2.24, 2.45) is 5.92 Å². The Morgan fingerprint density at radius 2 is 2.14 bits per heavy atom. The number of imidazole rings is 1. The van der Waals surface area contributed by atoms with E-state index in [1.54, 1.807) is 12.1 Å². The van der Waals surface area contributed by atoms with Gasteiger partial charge in [-0.2, -0.15) is 0 Å². The highest BCUT2D eigenvalue weighted by Crippen LogP contribution is 2.18. The predicted molar refractivity (Wildman–Crippen MR) is 81.7 cm³/mol. The van der Waals surface area contributed by atoms with Crippen molar-refractivity contribution in [2.45, 2.75) is 33.7 Å². The molecular weight excluding hydrogens is 268 g/mol. The van der Waals surface area contributed by atoms with Crippen molar-refractivity contribution >= 4 is 17.0 Å². The molecule has 0 unspecified atom stereocenters. The zero-order valence-corrected chi connectivity index (χ0v) is 12.8. The predicted octanol–water partition coefficient (Wildman–Crippen LogP) is 3.11. The molecule has 1 N–H and O–H groups in total. The minimum Gasteiger partial charge on any atom is -0.478 e. The average molecular weight is 290 g/mol. The Balaban J connectivity index is 2.06. The number of carboxylic acid groups (broad SMARTS) is 1. The van der Waals surface area contributed by atoms with Crippen LogP contribution in [-0.2, 0) is 11.3 Å². The van der Waals surface area contributed by atoms with E-state index in [4.69, 9.17) is 9.84 Å². The minimum absolute atomic E-state index is 0.264. The van der Waals surface area contributed by atoms with Gasteiger partial charge in [-0.15, -0.1) is 0 Å². The highest BCUT2D eigenvalue weighted by atomic mass is 16.5. The fourth-order valence-corrected chi connectivity index (χ4v) is 2.24. The van der Waals surface area contributed by atoms with Crippen LogP contribution >= 0.6 is 0 Å². The second-order valence-corrected chi connectivity index (χ2v) is 5.61. The Morgan fingerprint density at radius 3 is 2.81 bits per heavy atom. The fraction of sp³-hybridized carbons (Fsp3) is 0.500. The molecule has 0 aliphatic rings. The Hall–Kier alpha value is -1.88. The number of carbonyl (C=O) groups is 1. The highest BCUT2D eigenvalue weighted by Gasteiger charge is 2.10. The van der Waals surface area contributed by atoms with Gasteiger partial charge in [0.2, 0.25) is 0 Å². The van der Waals surface area contributed by atoms with Gasteiger partial charge in [-0.3, -0.25) is 0 Å². The number of aryl methyl sites for hydroxylation is 1. The number of fused-ring (bicyclic) bond motifs is 1. The van der Waals surface area contributed by atoms with Crippen molar-refractivity contribution in [1.29, 1.82) is 0 Å². The second kappa shape index (κ2) is 6.72. The van der Waals surface area contributed by atoms with Gasteiger partial charge < -0.3 is 14.4 Å². The monoisotopic (exact) mass is 290 g/mol. The van der Waals surface area contributed by atoms with E-state index in [1.807, 2.05) is 13.0 Å². The first kappa shape index (κ1) is 15.5. The summed E-state index contributed by atoms with van der Waals surface area (Å²) in [6, 6.07) is 5.04. The van der Waals surface area contributed by atoms with Crippen molar-refractivity contribution in [3.05, 3.63) is 29.6 Å². The van der Waals surface area contributed by atoms with Gasteiger partial charge >= 0.3 is 5.97 Å². The van der Waals surface area contributed by atoms with Gasteiger partial charge in [-0.25, -0.2) is 9.78 Å². The molecule has 0 spiro atoms. The zero-order chi connectivity index (χ0) is 15.4. The summed E-state index contributed by atoms with van der Waals surface area (Å²) < 4.78 is 7.71. The summed E-state index contributed by atoms with van der Waals surface area (Å²) in [5.41, 5.74) is 1.93. The molecule has 2 aromatic rings. The molecule has 0 aliphatic carbocycles. The van der Waals surface area contributed by atoms with Crippen LogP contribution in [0.4, 0.5) is 0 Å². The summed E-state index contributed by atoms with van der Waals surface area (Å²) in [6.07, 6.45) is 1.06. The smallest absolute Gasteiger partial charge is 0.335 e. The maximum absolute atomic E-state index is 11.0. The van der Waals surface area contributed by atoms with Crippen LogP contribution < -0.4 is 0 Å². The third kappa shape index (κ3) is 3.82. The summed E-state index contributed by atoms with van der Waals surface area (Å²) >= 11 is 0. The minimum atomic E-state index is -0.930. The topological polar surface area (TPSA) is 64.3 Å². The van der Waals surface area contributed by atoms with E-state index in [0.29, 0.717) is 12.5 Å². The molecule has 0 saturated heterocycles. The Kier molecular flexibility index (Phi) is 4.96. The first-order chi connectivity index (χ1) is 9.99. The van der Waals surface area contributed by atoms with Gasteiger partial charge in [0, 0.05) is 13.2 Å². The second-order valence-electron chi connectivity index (χ2n) is 5.61. The maximum Gasteiger partial charge on any atom is 0.335 e. The first-order valence-corrected chi connectivity index (χ1v) is 7.27. The number of nitrogens with zero attached hydrogens (tertiary/aromatic N) is 2. The van der Waals surface area contributed by atoms with Crippen LogP contribution in [0.5, 0.6) is 0 Å². The van der Waals surface area contributed by atoms with E-state index < -0.39 is 5.97 Å². The van der Waals surface area contributed by atoms with Crippen LogP contribution in [0.15, 0.2) is 18.2 Å². The lowest BCUT2D eigenvalue weighted by Crippen LogP contribution is -2.09. The van der Waals surface area contributed by atoms with Crippen molar-refractivity contribution in [3.63, 3.8) is 0 Å². The van der Waals surface area contributed by atoms with Crippen LogP contribution in [0.2, 0.25) is 0 Å². The molecule has 2 rings (SSSR count). The number of hydrogen-bond donors (Lipinski definition) is 1. The third-order valence-corrected chi connectivity index (χ3v) is 3.48. The van der Waals surface area contributed by atoms with Crippen LogP contribution in [0.3, 0.4) is 0 Å². The van der Waals surface area contributed by atoms with Crippen molar-refractivity contribution < 1.29 is 14.6 Å². The maximum atomic E-state index is 11.0. The molecule has 0 saturated carbocycles. The molecule has 0 atom stereocenters. The lowest BCUT2D eigenvalue weighted by molar-refractivity contribution is 0.0697. The van der Waals surface area contributed by atoms with E-state index in [-0.39, 0.29) is 5.56 Å². The standard InChI is InChI=1S/C16H22N2O3/c1-11(2)6-8-21-9-7-18-12(3)17-14-10-13(16(19)20)4-5-15(14)18/h4-5,10-11H,6-9H2,1-3H3,(H,19,20). The van der Waals surface area contributed by atoms with E-state index in [1.165, 1.54) is 0 Å². The van der Waals surface area contributed by atoms with Crippen molar-refractivity contribution in [3.8, 4) is 0 Å². The van der Waals surface area contributed by atoms with Crippen LogP contribution in [0, 0.1) is 12.8 Å². The van der Waals surface area contributed by atoms with E-state index >= 15 is 0 Å². The van der Waals surface area contributed by atoms with Crippen molar-refractivity contribution in [1.82, 2.24) is 9.55 Å². The number of rotatable bonds is 7. The number of benzene rings is 1. The number of hydrogen-bond acceptors (Lipinski definition) is 3. The highest BCUT2D eigenvalue weighted by molar-refractivity contribution is 5.92. The van der Waals surface area contributed by atoms with Crippen LogP contribution in [-0.4, -0.2) is 33.8 Å². The molecule has 0 bridgehead atoms. The molecule has 0 fully saturated rings. The molecule has 5 nitrogen and oxygen atoms in total. The van der Waals surface area contributed by atoms with Crippen molar-refractivity contribution in [2.75, 3.05) is 13.2 Å². The van der Waals surface area contributed by atoms with E-state index in [0.717, 1.165) is 36.4 Å². The zero-order valence-electron chi connectivity index (χ0n) is 12.8. The number of aromatic carboxylic acids is 1. The summed E-state index contributed by atoms with van der Waals surface area (Å²) in [7, 11) is 0. The Labute approximate surface area is 124 Å². The third-order valence-electron chi connectivity index (χ3n) is 3.48. The first-order valence-electron chi connectivity index (χ1n) is 7.27. The molecule has 1 aromatic heterocycles.